The van der Waals surface area contributed by atoms with Crippen molar-refractivity contribution in [2.45, 2.75) is 0 Å². The lowest BCUT2D eigenvalue weighted by Crippen LogP contribution is -2.20. The van der Waals surface area contributed by atoms with E-state index >= 15 is 0 Å². The van der Waals surface area contributed by atoms with Gasteiger partial charge in [0.1, 0.15) is 11.4 Å². The third-order valence-electron chi connectivity index (χ3n) is 3.43. The number of nitrogens with one attached hydrogen (secondary N) is 2. The Hall–Kier alpha value is -2.73. The van der Waals surface area contributed by atoms with E-state index in [0.29, 0.717) is 5.96 Å². The fourth-order valence-corrected chi connectivity index (χ4v) is 2.77. The van der Waals surface area contributed by atoms with E-state index in [1.54, 1.807) is 12.4 Å². The lowest BCUT2D eigenvalue weighted by molar-refractivity contribution is 1.26. The normalized spacial score (nSPS) is 12.3. The number of benzene rings is 1. The maximum atomic E-state index is 4.67. The predicted octanol–water partition coefficient (Wildman–Crippen LogP) is 4.43. The van der Waals surface area contributed by atoms with Crippen LogP contribution in [-0.2, 0) is 0 Å². The van der Waals surface area contributed by atoms with Gasteiger partial charge in [0.15, 0.2) is 0 Å². The van der Waals surface area contributed by atoms with E-state index in [2.05, 4.69) is 41.5 Å². The average Bonchev–Trinajstić information content (AvgIpc) is 2.73. The summed E-state index contributed by atoms with van der Waals surface area (Å²) in [5.74, 6) is 0.623. The smallest absolute Gasteiger partial charge is 0.205 e. The lowest BCUT2D eigenvalue weighted by Gasteiger charge is -2.09. The number of halogens is 1. The van der Waals surface area contributed by atoms with Gasteiger partial charge in [-0.25, -0.2) is 4.99 Å². The van der Waals surface area contributed by atoms with Gasteiger partial charge in [-0.2, -0.15) is 0 Å². The Morgan fingerprint density at radius 2 is 1.39 bits per heavy atom. The van der Waals surface area contributed by atoms with Gasteiger partial charge in [0.25, 0.3) is 0 Å². The van der Waals surface area contributed by atoms with Gasteiger partial charge in [0, 0.05) is 16.9 Å². The Morgan fingerprint density at radius 1 is 0.783 bits per heavy atom. The van der Waals surface area contributed by atoms with Crippen molar-refractivity contribution in [1.82, 2.24) is 9.97 Å². The number of nitrogens with zero attached hydrogens (tertiary/aromatic N) is 3. The fourth-order valence-electron chi connectivity index (χ4n) is 2.39. The van der Waals surface area contributed by atoms with Crippen molar-refractivity contribution in [1.29, 1.82) is 0 Å². The van der Waals surface area contributed by atoms with Crippen LogP contribution in [0.25, 0.3) is 11.4 Å². The first-order valence-electron chi connectivity index (χ1n) is 7.09. The Balaban J connectivity index is 1.86. The molecular weight excluding hydrogens is 354 g/mol. The first-order valence-corrected chi connectivity index (χ1v) is 7.88. The van der Waals surface area contributed by atoms with Crippen molar-refractivity contribution in [3.63, 3.8) is 0 Å². The van der Waals surface area contributed by atoms with E-state index in [9.17, 15) is 0 Å². The number of aliphatic imine (C=N–C) groups is 1. The maximum Gasteiger partial charge on any atom is 0.205 e. The second-order valence-electron chi connectivity index (χ2n) is 4.96. The molecule has 2 N–H and O–H groups in total. The van der Waals surface area contributed by atoms with E-state index in [1.165, 1.54) is 0 Å². The summed E-state index contributed by atoms with van der Waals surface area (Å²) in [5.41, 5.74) is 4.16. The molecule has 0 saturated heterocycles. The molecule has 6 heteroatoms. The molecule has 1 aliphatic rings. The van der Waals surface area contributed by atoms with Crippen molar-refractivity contribution in [2.75, 3.05) is 10.6 Å². The minimum atomic E-state index is 0.623. The van der Waals surface area contributed by atoms with E-state index in [1.807, 2.05) is 48.5 Å². The van der Waals surface area contributed by atoms with Crippen LogP contribution in [0.2, 0.25) is 0 Å². The highest BCUT2D eigenvalue weighted by Crippen LogP contribution is 2.33. The lowest BCUT2D eigenvalue weighted by atomic mass is 10.2. The van der Waals surface area contributed by atoms with Gasteiger partial charge in [-0.1, -0.05) is 12.1 Å². The van der Waals surface area contributed by atoms with Crippen molar-refractivity contribution < 1.29 is 0 Å². The molecule has 2 aromatic heterocycles. The van der Waals surface area contributed by atoms with E-state index in [4.69, 9.17) is 0 Å². The summed E-state index contributed by atoms with van der Waals surface area (Å²) in [4.78, 5) is 13.6. The minimum Gasteiger partial charge on any atom is -0.324 e. The molecule has 0 atom stereocenters. The highest BCUT2D eigenvalue weighted by atomic mass is 79.9. The number of para-hydroxylation sites is 1. The van der Waals surface area contributed by atoms with Gasteiger partial charge in [-0.05, 0) is 52.3 Å². The molecular formula is C17H12BrN5. The number of pyridine rings is 2. The highest BCUT2D eigenvalue weighted by molar-refractivity contribution is 9.10. The predicted molar refractivity (Wildman–Crippen MR) is 96.0 cm³/mol. The minimum absolute atomic E-state index is 0.623. The third kappa shape index (κ3) is 2.68. The molecule has 23 heavy (non-hydrogen) atoms. The summed E-state index contributed by atoms with van der Waals surface area (Å²) >= 11 is 3.52. The first-order chi connectivity index (χ1) is 11.3. The zero-order valence-corrected chi connectivity index (χ0v) is 13.6. The van der Waals surface area contributed by atoms with Crippen LogP contribution < -0.4 is 10.6 Å². The molecule has 0 amide bonds. The van der Waals surface area contributed by atoms with Gasteiger partial charge < -0.3 is 10.6 Å². The van der Waals surface area contributed by atoms with Crippen molar-refractivity contribution in [3.05, 3.63) is 65.4 Å². The molecule has 0 spiro atoms. The summed E-state index contributed by atoms with van der Waals surface area (Å²) in [5, 5.41) is 6.60. The summed E-state index contributed by atoms with van der Waals surface area (Å²) in [7, 11) is 0. The molecule has 0 saturated carbocycles. The van der Waals surface area contributed by atoms with Gasteiger partial charge in [0.2, 0.25) is 5.96 Å². The van der Waals surface area contributed by atoms with Crippen LogP contribution >= 0.6 is 15.9 Å². The summed E-state index contributed by atoms with van der Waals surface area (Å²) < 4.78 is 0.929. The molecule has 3 heterocycles. The quantitative estimate of drug-likeness (QED) is 0.669. The molecule has 5 nitrogen and oxygen atoms in total. The Kier molecular flexibility index (Phi) is 3.51. The van der Waals surface area contributed by atoms with Gasteiger partial charge in [0.05, 0.1) is 17.1 Å². The summed E-state index contributed by atoms with van der Waals surface area (Å²) in [6.07, 6.45) is 3.52. The highest BCUT2D eigenvalue weighted by Gasteiger charge is 2.18. The molecule has 112 valence electrons. The van der Waals surface area contributed by atoms with Crippen molar-refractivity contribution in [3.8, 4) is 11.4 Å². The van der Waals surface area contributed by atoms with Crippen LogP contribution in [0.1, 0.15) is 0 Å². The van der Waals surface area contributed by atoms with Crippen molar-refractivity contribution in [2.24, 2.45) is 4.99 Å². The molecule has 0 aliphatic carbocycles. The largest absolute Gasteiger partial charge is 0.324 e. The number of guanidine groups is 1. The Labute approximate surface area is 141 Å². The van der Waals surface area contributed by atoms with Crippen LogP contribution in [0.3, 0.4) is 0 Å². The van der Waals surface area contributed by atoms with Crippen LogP contribution in [0, 0.1) is 0 Å². The zero-order chi connectivity index (χ0) is 15.6. The van der Waals surface area contributed by atoms with Gasteiger partial charge in [-0.15, -0.1) is 0 Å². The van der Waals surface area contributed by atoms with Crippen LogP contribution in [0.4, 0.5) is 17.1 Å². The van der Waals surface area contributed by atoms with Crippen molar-refractivity contribution >= 4 is 39.0 Å². The van der Waals surface area contributed by atoms with Crippen LogP contribution in [0.15, 0.2) is 70.4 Å². The van der Waals surface area contributed by atoms with E-state index in [-0.39, 0.29) is 0 Å². The number of hydrogen-bond acceptors (Lipinski definition) is 3. The van der Waals surface area contributed by atoms with Crippen LogP contribution in [-0.4, -0.2) is 15.9 Å². The third-order valence-corrected chi connectivity index (χ3v) is 4.10. The molecule has 0 radical (unpaired) electrons. The Bertz CT molecular complexity index is 857. The maximum absolute atomic E-state index is 4.67. The molecule has 1 aromatic carbocycles. The molecule has 0 unspecified atom stereocenters. The number of rotatable bonds is 1. The van der Waals surface area contributed by atoms with E-state index in [0.717, 1.165) is 32.9 Å². The molecule has 3 aromatic rings. The van der Waals surface area contributed by atoms with Gasteiger partial charge >= 0.3 is 0 Å². The number of hydrogen-bond donors (Lipinski definition) is 2. The van der Waals surface area contributed by atoms with E-state index < -0.39 is 0 Å². The molecule has 0 fully saturated rings. The number of aromatic nitrogens is 2. The summed E-state index contributed by atoms with van der Waals surface area (Å²) in [6.45, 7) is 0. The monoisotopic (exact) mass is 365 g/mol. The zero-order valence-electron chi connectivity index (χ0n) is 12.0. The number of anilines is 2. The Morgan fingerprint density at radius 3 is 2.00 bits per heavy atom. The molecule has 0 bridgehead atoms. The topological polar surface area (TPSA) is 62.2 Å². The molecule has 1 aliphatic heterocycles. The number of fused-ring (bicyclic) bond motifs is 3. The molecule has 4 rings (SSSR count). The second-order valence-corrected chi connectivity index (χ2v) is 5.82. The summed E-state index contributed by atoms with van der Waals surface area (Å²) in [6, 6.07) is 15.5. The van der Waals surface area contributed by atoms with Gasteiger partial charge in [-0.3, -0.25) is 9.97 Å². The fraction of sp³-hybridized carbons (Fsp3) is 0. The first kappa shape index (κ1) is 13.9. The SMILES string of the molecule is Brc1ccccc1N=C1Nc2cccnc2-c2ncccc2N1. The standard InChI is InChI=1S/C17H12BrN5/c18-11-5-1-2-6-12(11)21-17-22-13-7-3-9-19-15(13)16-14(23-17)8-4-10-20-16/h1-10H,(H2,21,22,23). The average molecular weight is 366 g/mol. The second kappa shape index (κ2) is 5.81. The van der Waals surface area contributed by atoms with Crippen LogP contribution in [0.5, 0.6) is 0 Å².